The number of aliphatic hydroxyl groups excluding tert-OH is 1. The Balaban J connectivity index is 2.18. The van der Waals surface area contributed by atoms with Gasteiger partial charge in [0.25, 0.3) is 0 Å². The van der Waals surface area contributed by atoms with Crippen LogP contribution >= 0.6 is 0 Å². The maximum atomic E-state index is 9.19. The first-order valence-corrected chi connectivity index (χ1v) is 4.92. The summed E-state index contributed by atoms with van der Waals surface area (Å²) in [6.07, 6.45) is 1.82. The number of phenols is 1. The lowest BCUT2D eigenvalue weighted by Gasteiger charge is -2.04. The summed E-state index contributed by atoms with van der Waals surface area (Å²) in [5.74, 6) is 0.305. The van der Waals surface area contributed by atoms with Gasteiger partial charge in [0.15, 0.2) is 0 Å². The van der Waals surface area contributed by atoms with Crippen LogP contribution in [0.1, 0.15) is 18.4 Å². The monoisotopic (exact) mass is 195 g/mol. The predicted octanol–water partition coefficient (Wildman–Crippen LogP) is 1.25. The van der Waals surface area contributed by atoms with Crippen LogP contribution in [0.25, 0.3) is 0 Å². The van der Waals surface area contributed by atoms with E-state index in [4.69, 9.17) is 5.11 Å². The topological polar surface area (TPSA) is 52.5 Å². The summed E-state index contributed by atoms with van der Waals surface area (Å²) in [4.78, 5) is 0. The van der Waals surface area contributed by atoms with E-state index in [9.17, 15) is 5.11 Å². The molecular weight excluding hydrogens is 178 g/mol. The zero-order valence-electron chi connectivity index (χ0n) is 8.24. The Morgan fingerprint density at radius 2 is 2.07 bits per heavy atom. The molecule has 0 aliphatic heterocycles. The number of hydrogen-bond donors (Lipinski definition) is 3. The van der Waals surface area contributed by atoms with Crippen LogP contribution in [0, 0.1) is 0 Å². The van der Waals surface area contributed by atoms with Crippen molar-refractivity contribution in [2.45, 2.75) is 19.4 Å². The van der Waals surface area contributed by atoms with Crippen LogP contribution < -0.4 is 5.32 Å². The highest BCUT2D eigenvalue weighted by atomic mass is 16.3. The van der Waals surface area contributed by atoms with Gasteiger partial charge in [0.2, 0.25) is 0 Å². The van der Waals surface area contributed by atoms with E-state index in [1.54, 1.807) is 12.1 Å². The Morgan fingerprint density at radius 1 is 1.21 bits per heavy atom. The van der Waals surface area contributed by atoms with Gasteiger partial charge >= 0.3 is 0 Å². The first-order valence-electron chi connectivity index (χ1n) is 4.92. The van der Waals surface area contributed by atoms with Gasteiger partial charge in [-0.3, -0.25) is 0 Å². The summed E-state index contributed by atoms with van der Waals surface area (Å²) in [5.41, 5.74) is 1.08. The van der Waals surface area contributed by atoms with Crippen LogP contribution in [-0.2, 0) is 6.54 Å². The Bertz CT molecular complexity index is 263. The van der Waals surface area contributed by atoms with E-state index in [1.165, 1.54) is 0 Å². The van der Waals surface area contributed by atoms with Crippen LogP contribution in [0.3, 0.4) is 0 Å². The minimum atomic E-state index is 0.258. The third-order valence-electron chi connectivity index (χ3n) is 2.00. The molecule has 0 heterocycles. The maximum absolute atomic E-state index is 9.19. The molecule has 3 N–H and O–H groups in total. The van der Waals surface area contributed by atoms with E-state index in [0.29, 0.717) is 5.75 Å². The lowest BCUT2D eigenvalue weighted by molar-refractivity contribution is 0.283. The molecule has 0 fully saturated rings. The molecule has 1 aromatic carbocycles. The van der Waals surface area contributed by atoms with E-state index in [1.807, 2.05) is 12.1 Å². The van der Waals surface area contributed by atoms with Crippen molar-refractivity contribution in [3.63, 3.8) is 0 Å². The predicted molar refractivity (Wildman–Crippen MR) is 56.1 cm³/mol. The standard InChI is InChI=1S/C11H17NO2/c13-7-2-1-6-12-9-10-4-3-5-11(14)8-10/h3-5,8,12-14H,1-2,6-7,9H2. The van der Waals surface area contributed by atoms with Crippen molar-refractivity contribution in [1.29, 1.82) is 0 Å². The van der Waals surface area contributed by atoms with E-state index in [2.05, 4.69) is 5.32 Å². The summed E-state index contributed by atoms with van der Waals surface area (Å²) >= 11 is 0. The van der Waals surface area contributed by atoms with Crippen molar-refractivity contribution in [2.75, 3.05) is 13.2 Å². The summed E-state index contributed by atoms with van der Waals surface area (Å²) in [6, 6.07) is 7.22. The van der Waals surface area contributed by atoms with Crippen molar-refractivity contribution in [3.05, 3.63) is 29.8 Å². The largest absolute Gasteiger partial charge is 0.508 e. The quantitative estimate of drug-likeness (QED) is 0.599. The number of benzene rings is 1. The second kappa shape index (κ2) is 6.40. The zero-order valence-corrected chi connectivity index (χ0v) is 8.24. The summed E-state index contributed by atoms with van der Waals surface area (Å²) in [5, 5.41) is 21.0. The highest BCUT2D eigenvalue weighted by Crippen LogP contribution is 2.10. The maximum Gasteiger partial charge on any atom is 0.115 e. The number of rotatable bonds is 6. The van der Waals surface area contributed by atoms with Gasteiger partial charge in [-0.25, -0.2) is 0 Å². The van der Waals surface area contributed by atoms with Crippen molar-refractivity contribution < 1.29 is 10.2 Å². The third kappa shape index (κ3) is 4.25. The first-order chi connectivity index (χ1) is 6.83. The van der Waals surface area contributed by atoms with E-state index in [0.717, 1.165) is 31.5 Å². The van der Waals surface area contributed by atoms with Crippen LogP contribution in [0.5, 0.6) is 5.75 Å². The molecular formula is C11H17NO2. The molecule has 0 unspecified atom stereocenters. The molecule has 0 aliphatic rings. The molecule has 0 saturated heterocycles. The van der Waals surface area contributed by atoms with E-state index in [-0.39, 0.29) is 6.61 Å². The molecule has 0 aliphatic carbocycles. The van der Waals surface area contributed by atoms with E-state index < -0.39 is 0 Å². The number of hydrogen-bond acceptors (Lipinski definition) is 3. The summed E-state index contributed by atoms with van der Waals surface area (Å²) < 4.78 is 0. The average Bonchev–Trinajstić information content (AvgIpc) is 2.18. The van der Waals surface area contributed by atoms with Gasteiger partial charge in [-0.15, -0.1) is 0 Å². The lowest BCUT2D eigenvalue weighted by Crippen LogP contribution is -2.14. The number of aliphatic hydroxyl groups is 1. The summed E-state index contributed by atoms with van der Waals surface area (Å²) in [6.45, 7) is 1.92. The SMILES string of the molecule is OCCCCNCc1cccc(O)c1. The average molecular weight is 195 g/mol. The Labute approximate surface area is 84.4 Å². The highest BCUT2D eigenvalue weighted by Gasteiger charge is 1.93. The minimum Gasteiger partial charge on any atom is -0.508 e. The summed E-state index contributed by atoms with van der Waals surface area (Å²) in [7, 11) is 0. The van der Waals surface area contributed by atoms with Crippen LogP contribution in [0.4, 0.5) is 0 Å². The van der Waals surface area contributed by atoms with Gasteiger partial charge in [0.1, 0.15) is 5.75 Å². The fraction of sp³-hybridized carbons (Fsp3) is 0.455. The van der Waals surface area contributed by atoms with Crippen molar-refractivity contribution in [2.24, 2.45) is 0 Å². The van der Waals surface area contributed by atoms with Crippen LogP contribution in [-0.4, -0.2) is 23.4 Å². The second-order valence-corrected chi connectivity index (χ2v) is 3.28. The molecule has 0 aromatic heterocycles. The molecule has 0 spiro atoms. The van der Waals surface area contributed by atoms with Gasteiger partial charge in [0.05, 0.1) is 0 Å². The number of nitrogens with one attached hydrogen (secondary N) is 1. The molecule has 0 radical (unpaired) electrons. The Kier molecular flexibility index (Phi) is 5.04. The number of unbranched alkanes of at least 4 members (excludes halogenated alkanes) is 1. The van der Waals surface area contributed by atoms with Gasteiger partial charge in [0, 0.05) is 13.2 Å². The molecule has 3 nitrogen and oxygen atoms in total. The van der Waals surface area contributed by atoms with Crippen LogP contribution in [0.15, 0.2) is 24.3 Å². The molecule has 0 atom stereocenters. The first kappa shape index (κ1) is 11.0. The van der Waals surface area contributed by atoms with Gasteiger partial charge < -0.3 is 15.5 Å². The lowest BCUT2D eigenvalue weighted by atomic mass is 10.2. The van der Waals surface area contributed by atoms with Gasteiger partial charge in [-0.05, 0) is 37.1 Å². The molecule has 3 heteroatoms. The molecule has 0 bridgehead atoms. The van der Waals surface area contributed by atoms with Crippen LogP contribution in [0.2, 0.25) is 0 Å². The molecule has 14 heavy (non-hydrogen) atoms. The smallest absolute Gasteiger partial charge is 0.115 e. The van der Waals surface area contributed by atoms with Crippen molar-refractivity contribution in [3.8, 4) is 5.75 Å². The zero-order chi connectivity index (χ0) is 10.2. The molecule has 78 valence electrons. The number of aromatic hydroxyl groups is 1. The molecule has 0 amide bonds. The van der Waals surface area contributed by atoms with E-state index >= 15 is 0 Å². The Morgan fingerprint density at radius 3 is 2.79 bits per heavy atom. The normalized spacial score (nSPS) is 10.4. The number of phenolic OH excluding ortho intramolecular Hbond substituents is 1. The third-order valence-corrected chi connectivity index (χ3v) is 2.00. The molecule has 0 saturated carbocycles. The van der Waals surface area contributed by atoms with Crippen molar-refractivity contribution in [1.82, 2.24) is 5.32 Å². The highest BCUT2D eigenvalue weighted by molar-refractivity contribution is 5.26. The van der Waals surface area contributed by atoms with Gasteiger partial charge in [-0.2, -0.15) is 0 Å². The minimum absolute atomic E-state index is 0.258. The fourth-order valence-electron chi connectivity index (χ4n) is 1.26. The van der Waals surface area contributed by atoms with Crippen molar-refractivity contribution >= 4 is 0 Å². The Hall–Kier alpha value is -1.06. The second-order valence-electron chi connectivity index (χ2n) is 3.28. The van der Waals surface area contributed by atoms with Gasteiger partial charge in [-0.1, -0.05) is 12.1 Å². The molecule has 1 rings (SSSR count). The fourth-order valence-corrected chi connectivity index (χ4v) is 1.26. The molecule has 1 aromatic rings.